The van der Waals surface area contributed by atoms with Gasteiger partial charge in [-0.2, -0.15) is 0 Å². The standard InChI is InChI=1S/C12H13BrFN3/c1-2-5-15-12-16-6-7-17(12)11-4-3-9(14)8-10(11)13/h3-4,6-8H,2,5H2,1H3,(H,15,16). The fourth-order valence-electron chi connectivity index (χ4n) is 1.54. The number of halogens is 2. The van der Waals surface area contributed by atoms with Gasteiger partial charge in [-0.1, -0.05) is 6.92 Å². The maximum Gasteiger partial charge on any atom is 0.207 e. The minimum absolute atomic E-state index is 0.260. The molecule has 1 aromatic heterocycles. The summed E-state index contributed by atoms with van der Waals surface area (Å²) in [5, 5.41) is 3.22. The van der Waals surface area contributed by atoms with Gasteiger partial charge in [0.15, 0.2) is 0 Å². The van der Waals surface area contributed by atoms with Crippen LogP contribution in [0.1, 0.15) is 13.3 Å². The summed E-state index contributed by atoms with van der Waals surface area (Å²) >= 11 is 3.35. The van der Waals surface area contributed by atoms with Crippen LogP contribution in [-0.2, 0) is 0 Å². The minimum Gasteiger partial charge on any atom is -0.355 e. The Morgan fingerprint density at radius 1 is 1.47 bits per heavy atom. The number of anilines is 1. The Morgan fingerprint density at radius 3 is 3.00 bits per heavy atom. The topological polar surface area (TPSA) is 29.9 Å². The quantitative estimate of drug-likeness (QED) is 0.934. The monoisotopic (exact) mass is 297 g/mol. The number of imidazole rings is 1. The van der Waals surface area contributed by atoms with E-state index in [0.29, 0.717) is 4.47 Å². The number of aromatic nitrogens is 2. The Bertz CT molecular complexity index is 510. The van der Waals surface area contributed by atoms with Gasteiger partial charge in [0.25, 0.3) is 0 Å². The summed E-state index contributed by atoms with van der Waals surface area (Å²) in [4.78, 5) is 4.23. The van der Waals surface area contributed by atoms with Gasteiger partial charge in [-0.25, -0.2) is 9.37 Å². The van der Waals surface area contributed by atoms with E-state index >= 15 is 0 Å². The van der Waals surface area contributed by atoms with Gasteiger partial charge in [-0.15, -0.1) is 0 Å². The van der Waals surface area contributed by atoms with Crippen molar-refractivity contribution in [2.24, 2.45) is 0 Å². The normalized spacial score (nSPS) is 10.5. The third-order valence-corrected chi connectivity index (χ3v) is 2.98. The molecule has 17 heavy (non-hydrogen) atoms. The summed E-state index contributed by atoms with van der Waals surface area (Å²) < 4.78 is 15.6. The Hall–Kier alpha value is -1.36. The first-order valence-electron chi connectivity index (χ1n) is 5.45. The van der Waals surface area contributed by atoms with E-state index in [1.54, 1.807) is 12.3 Å². The first-order chi connectivity index (χ1) is 8.22. The van der Waals surface area contributed by atoms with Crippen LogP contribution in [0.4, 0.5) is 10.3 Å². The molecule has 1 heterocycles. The van der Waals surface area contributed by atoms with Crippen molar-refractivity contribution in [1.29, 1.82) is 0 Å². The van der Waals surface area contributed by atoms with Crippen molar-refractivity contribution in [3.63, 3.8) is 0 Å². The van der Waals surface area contributed by atoms with E-state index in [2.05, 4.69) is 33.2 Å². The predicted octanol–water partition coefficient (Wildman–Crippen LogP) is 3.60. The molecule has 0 saturated heterocycles. The molecule has 0 aliphatic carbocycles. The maximum atomic E-state index is 13.0. The second-order valence-electron chi connectivity index (χ2n) is 3.64. The average molecular weight is 298 g/mol. The largest absolute Gasteiger partial charge is 0.355 e. The van der Waals surface area contributed by atoms with Gasteiger partial charge in [0.1, 0.15) is 5.82 Å². The lowest BCUT2D eigenvalue weighted by Crippen LogP contribution is -2.07. The smallest absolute Gasteiger partial charge is 0.207 e. The molecule has 2 rings (SSSR count). The molecule has 0 amide bonds. The molecule has 0 bridgehead atoms. The summed E-state index contributed by atoms with van der Waals surface area (Å²) in [5.41, 5.74) is 0.863. The Balaban J connectivity index is 2.35. The third-order valence-electron chi connectivity index (χ3n) is 2.34. The first-order valence-corrected chi connectivity index (χ1v) is 6.24. The highest BCUT2D eigenvalue weighted by Crippen LogP contribution is 2.24. The van der Waals surface area contributed by atoms with Crippen molar-refractivity contribution in [3.8, 4) is 5.69 Å². The Morgan fingerprint density at radius 2 is 2.29 bits per heavy atom. The molecule has 0 atom stereocenters. The molecule has 0 unspecified atom stereocenters. The van der Waals surface area contributed by atoms with Crippen molar-refractivity contribution in [2.45, 2.75) is 13.3 Å². The van der Waals surface area contributed by atoms with Crippen molar-refractivity contribution in [1.82, 2.24) is 9.55 Å². The lowest BCUT2D eigenvalue weighted by atomic mass is 10.3. The van der Waals surface area contributed by atoms with Crippen LogP contribution < -0.4 is 5.32 Å². The van der Waals surface area contributed by atoms with Gasteiger partial charge in [0.05, 0.1) is 5.69 Å². The maximum absolute atomic E-state index is 13.0. The van der Waals surface area contributed by atoms with Gasteiger partial charge < -0.3 is 5.32 Å². The summed E-state index contributed by atoms with van der Waals surface area (Å²) in [6.07, 6.45) is 4.58. The summed E-state index contributed by atoms with van der Waals surface area (Å²) in [7, 11) is 0. The molecule has 5 heteroatoms. The number of hydrogen-bond acceptors (Lipinski definition) is 2. The zero-order valence-corrected chi connectivity index (χ0v) is 11.0. The van der Waals surface area contributed by atoms with E-state index < -0.39 is 0 Å². The fraction of sp³-hybridized carbons (Fsp3) is 0.250. The molecule has 90 valence electrons. The van der Waals surface area contributed by atoms with Crippen LogP contribution in [0.25, 0.3) is 5.69 Å². The molecule has 3 nitrogen and oxygen atoms in total. The summed E-state index contributed by atoms with van der Waals surface area (Å²) in [6.45, 7) is 2.95. The van der Waals surface area contributed by atoms with E-state index in [1.807, 2.05) is 10.8 Å². The number of benzene rings is 1. The fourth-order valence-corrected chi connectivity index (χ4v) is 2.08. The second-order valence-corrected chi connectivity index (χ2v) is 4.50. The van der Waals surface area contributed by atoms with E-state index in [9.17, 15) is 4.39 Å². The zero-order valence-electron chi connectivity index (χ0n) is 9.45. The number of nitrogens with zero attached hydrogens (tertiary/aromatic N) is 2. The van der Waals surface area contributed by atoms with Crippen molar-refractivity contribution >= 4 is 21.9 Å². The van der Waals surface area contributed by atoms with Crippen LogP contribution in [0.2, 0.25) is 0 Å². The SMILES string of the molecule is CCCNc1nccn1-c1ccc(F)cc1Br. The Labute approximate surface area is 108 Å². The lowest BCUT2D eigenvalue weighted by molar-refractivity contribution is 0.626. The summed E-state index contributed by atoms with van der Waals surface area (Å²) in [6, 6.07) is 4.60. The highest BCUT2D eigenvalue weighted by atomic mass is 79.9. The van der Waals surface area contributed by atoms with Crippen molar-refractivity contribution in [2.75, 3.05) is 11.9 Å². The molecule has 2 aromatic rings. The molecule has 0 fully saturated rings. The number of nitrogens with one attached hydrogen (secondary N) is 1. The predicted molar refractivity (Wildman–Crippen MR) is 70.0 cm³/mol. The molecular formula is C12H13BrFN3. The molecule has 0 aliphatic heterocycles. The Kier molecular flexibility index (Phi) is 3.78. The van der Waals surface area contributed by atoms with Crippen molar-refractivity contribution in [3.05, 3.63) is 40.9 Å². The number of rotatable bonds is 4. The van der Waals surface area contributed by atoms with Crippen LogP contribution in [0.5, 0.6) is 0 Å². The molecule has 0 saturated carbocycles. The molecule has 0 radical (unpaired) electrons. The molecular weight excluding hydrogens is 285 g/mol. The molecule has 1 aromatic carbocycles. The lowest BCUT2D eigenvalue weighted by Gasteiger charge is -2.10. The van der Waals surface area contributed by atoms with Gasteiger partial charge >= 0.3 is 0 Å². The van der Waals surface area contributed by atoms with Crippen LogP contribution in [0.15, 0.2) is 35.1 Å². The van der Waals surface area contributed by atoms with E-state index in [4.69, 9.17) is 0 Å². The van der Waals surface area contributed by atoms with Crippen LogP contribution in [0.3, 0.4) is 0 Å². The van der Waals surface area contributed by atoms with Gasteiger partial charge in [0, 0.05) is 23.4 Å². The van der Waals surface area contributed by atoms with Crippen molar-refractivity contribution < 1.29 is 4.39 Å². The zero-order chi connectivity index (χ0) is 12.3. The van der Waals surface area contributed by atoms with Crippen LogP contribution in [0, 0.1) is 5.82 Å². The van der Waals surface area contributed by atoms with Gasteiger partial charge in [-0.05, 0) is 40.5 Å². The second kappa shape index (κ2) is 5.31. The molecule has 1 N–H and O–H groups in total. The third kappa shape index (κ3) is 2.66. The number of hydrogen-bond donors (Lipinski definition) is 1. The minimum atomic E-state index is -0.260. The molecule has 0 spiro atoms. The van der Waals surface area contributed by atoms with Crippen LogP contribution >= 0.6 is 15.9 Å². The highest BCUT2D eigenvalue weighted by Gasteiger charge is 2.08. The van der Waals surface area contributed by atoms with E-state index in [0.717, 1.165) is 24.6 Å². The highest BCUT2D eigenvalue weighted by molar-refractivity contribution is 9.10. The van der Waals surface area contributed by atoms with Crippen LogP contribution in [-0.4, -0.2) is 16.1 Å². The van der Waals surface area contributed by atoms with Gasteiger partial charge in [0.2, 0.25) is 5.95 Å². The van der Waals surface area contributed by atoms with E-state index in [-0.39, 0.29) is 5.82 Å². The van der Waals surface area contributed by atoms with E-state index in [1.165, 1.54) is 12.1 Å². The first kappa shape index (κ1) is 12.1. The average Bonchev–Trinajstić information content (AvgIpc) is 2.74. The van der Waals surface area contributed by atoms with Gasteiger partial charge in [-0.3, -0.25) is 4.57 Å². The molecule has 0 aliphatic rings. The summed E-state index contributed by atoms with van der Waals surface area (Å²) in [5.74, 6) is 0.503.